The van der Waals surface area contributed by atoms with E-state index in [0.717, 1.165) is 36.7 Å². The first-order chi connectivity index (χ1) is 13.8. The lowest BCUT2D eigenvalue weighted by Gasteiger charge is -2.09. The average molecular weight is 382 g/mol. The van der Waals surface area contributed by atoms with Crippen LogP contribution in [0.4, 0.5) is 0 Å². The molecular formula is C25H35NO2. The summed E-state index contributed by atoms with van der Waals surface area (Å²) in [7, 11) is 0. The highest BCUT2D eigenvalue weighted by molar-refractivity contribution is 5.99. The Morgan fingerprint density at radius 1 is 0.893 bits per heavy atom. The van der Waals surface area contributed by atoms with E-state index in [9.17, 15) is 0 Å². The van der Waals surface area contributed by atoms with Crippen LogP contribution in [0.2, 0.25) is 0 Å². The van der Waals surface area contributed by atoms with E-state index in [1.807, 2.05) is 0 Å². The van der Waals surface area contributed by atoms with Crippen LogP contribution < -0.4 is 4.74 Å². The summed E-state index contributed by atoms with van der Waals surface area (Å²) < 4.78 is 11.7. The normalized spacial score (nSPS) is 16.2. The smallest absolute Gasteiger partial charge is 0.216 e. The highest BCUT2D eigenvalue weighted by Gasteiger charge is 2.18. The monoisotopic (exact) mass is 381 g/mol. The second kappa shape index (κ2) is 11.1. The molecule has 0 amide bonds. The largest absolute Gasteiger partial charge is 0.494 e. The van der Waals surface area contributed by atoms with E-state index in [1.165, 1.54) is 55.7 Å². The maximum Gasteiger partial charge on any atom is 0.216 e. The number of rotatable bonds is 12. The molecule has 0 saturated heterocycles. The van der Waals surface area contributed by atoms with Crippen molar-refractivity contribution in [3.8, 4) is 5.75 Å². The molecule has 0 unspecified atom stereocenters. The first-order valence-electron chi connectivity index (χ1n) is 11.2. The van der Waals surface area contributed by atoms with Gasteiger partial charge in [0, 0.05) is 5.56 Å². The summed E-state index contributed by atoms with van der Waals surface area (Å²) in [6.45, 7) is 5.93. The molecule has 0 fully saturated rings. The van der Waals surface area contributed by atoms with Crippen LogP contribution in [0, 0.1) is 0 Å². The topological polar surface area (TPSA) is 30.8 Å². The van der Waals surface area contributed by atoms with Crippen molar-refractivity contribution in [3.63, 3.8) is 0 Å². The zero-order valence-electron chi connectivity index (χ0n) is 17.6. The minimum Gasteiger partial charge on any atom is -0.494 e. The molecule has 1 aliphatic rings. The second-order valence-electron chi connectivity index (χ2n) is 7.85. The van der Waals surface area contributed by atoms with Crippen LogP contribution in [0.25, 0.3) is 10.8 Å². The van der Waals surface area contributed by atoms with Crippen molar-refractivity contribution in [3.05, 3.63) is 42.0 Å². The van der Waals surface area contributed by atoms with Crippen LogP contribution in [-0.4, -0.2) is 25.2 Å². The van der Waals surface area contributed by atoms with Crippen molar-refractivity contribution >= 4 is 16.7 Å². The number of fused-ring (bicyclic) bond motifs is 1. The molecule has 0 spiro atoms. The van der Waals surface area contributed by atoms with Gasteiger partial charge in [-0.05, 0) is 47.9 Å². The Labute approximate surface area is 170 Å². The van der Waals surface area contributed by atoms with Gasteiger partial charge in [-0.3, -0.25) is 0 Å². The van der Waals surface area contributed by atoms with Crippen LogP contribution in [0.3, 0.4) is 0 Å². The SMILES string of the molecule is CCCCCCCCCCOc1ccc2cc(C3=N[C@H](CC)CO3)ccc2c1. The van der Waals surface area contributed by atoms with E-state index >= 15 is 0 Å². The number of ether oxygens (including phenoxy) is 2. The molecule has 3 nitrogen and oxygen atoms in total. The van der Waals surface area contributed by atoms with Crippen molar-refractivity contribution in [1.29, 1.82) is 0 Å². The van der Waals surface area contributed by atoms with Crippen LogP contribution in [0.5, 0.6) is 5.75 Å². The van der Waals surface area contributed by atoms with E-state index in [2.05, 4.69) is 55.2 Å². The van der Waals surface area contributed by atoms with Gasteiger partial charge in [0.1, 0.15) is 12.4 Å². The summed E-state index contributed by atoms with van der Waals surface area (Å²) >= 11 is 0. The zero-order valence-corrected chi connectivity index (χ0v) is 17.6. The minimum atomic E-state index is 0.304. The van der Waals surface area contributed by atoms with Gasteiger partial charge in [-0.25, -0.2) is 4.99 Å². The van der Waals surface area contributed by atoms with E-state index < -0.39 is 0 Å². The quantitative estimate of drug-likeness (QED) is 0.374. The first-order valence-corrected chi connectivity index (χ1v) is 11.2. The molecule has 1 aliphatic heterocycles. The molecule has 0 radical (unpaired) electrons. The van der Waals surface area contributed by atoms with Gasteiger partial charge in [0.15, 0.2) is 0 Å². The van der Waals surface area contributed by atoms with Gasteiger partial charge in [-0.2, -0.15) is 0 Å². The van der Waals surface area contributed by atoms with Crippen molar-refractivity contribution < 1.29 is 9.47 Å². The standard InChI is InChI=1S/C25H35NO2/c1-3-5-6-7-8-9-10-11-16-27-24-15-14-20-17-22(13-12-21(20)18-24)25-26-23(4-2)19-28-25/h12-15,17-18,23H,3-11,16,19H2,1-2H3/t23-/m1/s1. The van der Waals surface area contributed by atoms with E-state index in [1.54, 1.807) is 0 Å². The number of aliphatic imine (C=N–C) groups is 1. The van der Waals surface area contributed by atoms with Crippen LogP contribution in [-0.2, 0) is 4.74 Å². The van der Waals surface area contributed by atoms with Crippen LogP contribution >= 0.6 is 0 Å². The molecule has 2 aromatic rings. The lowest BCUT2D eigenvalue weighted by molar-refractivity contribution is 0.304. The maximum absolute atomic E-state index is 5.97. The Morgan fingerprint density at radius 3 is 2.36 bits per heavy atom. The number of unbranched alkanes of at least 4 members (excludes halogenated alkanes) is 7. The van der Waals surface area contributed by atoms with E-state index in [0.29, 0.717) is 12.6 Å². The van der Waals surface area contributed by atoms with Crippen molar-refractivity contribution in [2.75, 3.05) is 13.2 Å². The summed E-state index contributed by atoms with van der Waals surface area (Å²) in [6.07, 6.45) is 11.6. The molecule has 152 valence electrons. The van der Waals surface area contributed by atoms with Gasteiger partial charge in [-0.1, -0.05) is 70.9 Å². The summed E-state index contributed by atoms with van der Waals surface area (Å²) in [4.78, 5) is 4.66. The Kier molecular flexibility index (Phi) is 8.20. The van der Waals surface area contributed by atoms with Gasteiger partial charge in [-0.15, -0.1) is 0 Å². The summed E-state index contributed by atoms with van der Waals surface area (Å²) in [5.74, 6) is 1.74. The third-order valence-electron chi connectivity index (χ3n) is 5.51. The molecule has 0 N–H and O–H groups in total. The molecule has 3 heteroatoms. The molecule has 0 aromatic heterocycles. The molecule has 3 rings (SSSR count). The van der Waals surface area contributed by atoms with Crippen molar-refractivity contribution in [1.82, 2.24) is 0 Å². The van der Waals surface area contributed by atoms with Gasteiger partial charge in [0.2, 0.25) is 5.90 Å². The third kappa shape index (κ3) is 5.98. The van der Waals surface area contributed by atoms with Gasteiger partial charge >= 0.3 is 0 Å². The number of benzene rings is 2. The Bertz CT molecular complexity index is 768. The van der Waals surface area contributed by atoms with Gasteiger partial charge in [0.05, 0.1) is 12.6 Å². The van der Waals surface area contributed by atoms with Crippen LogP contribution in [0.1, 0.15) is 77.2 Å². The first kappa shape index (κ1) is 20.7. The Morgan fingerprint density at radius 2 is 1.61 bits per heavy atom. The number of hydrogen-bond donors (Lipinski definition) is 0. The molecule has 0 bridgehead atoms. The maximum atomic E-state index is 5.97. The van der Waals surface area contributed by atoms with E-state index in [4.69, 9.17) is 9.47 Å². The van der Waals surface area contributed by atoms with Gasteiger partial charge in [0.25, 0.3) is 0 Å². The second-order valence-corrected chi connectivity index (χ2v) is 7.85. The zero-order chi connectivity index (χ0) is 19.6. The highest BCUT2D eigenvalue weighted by atomic mass is 16.5. The minimum absolute atomic E-state index is 0.304. The predicted molar refractivity (Wildman–Crippen MR) is 119 cm³/mol. The Balaban J connectivity index is 1.45. The van der Waals surface area contributed by atoms with Crippen LogP contribution in [0.15, 0.2) is 41.4 Å². The molecule has 1 heterocycles. The van der Waals surface area contributed by atoms with Crippen molar-refractivity contribution in [2.45, 2.75) is 77.7 Å². The molecular weight excluding hydrogens is 346 g/mol. The lowest BCUT2D eigenvalue weighted by Crippen LogP contribution is -2.03. The number of hydrogen-bond acceptors (Lipinski definition) is 3. The molecule has 0 aliphatic carbocycles. The average Bonchev–Trinajstić information content (AvgIpc) is 3.21. The fourth-order valence-corrected chi connectivity index (χ4v) is 3.66. The fourth-order valence-electron chi connectivity index (χ4n) is 3.66. The predicted octanol–water partition coefficient (Wildman–Crippen LogP) is 6.91. The van der Waals surface area contributed by atoms with Gasteiger partial charge < -0.3 is 9.47 Å². The molecule has 1 atom stereocenters. The lowest BCUT2D eigenvalue weighted by atomic mass is 10.1. The molecule has 28 heavy (non-hydrogen) atoms. The number of nitrogens with zero attached hydrogens (tertiary/aromatic N) is 1. The van der Waals surface area contributed by atoms with Crippen molar-refractivity contribution in [2.24, 2.45) is 4.99 Å². The van der Waals surface area contributed by atoms with E-state index in [-0.39, 0.29) is 0 Å². The summed E-state index contributed by atoms with van der Waals surface area (Å²) in [5.41, 5.74) is 1.07. The summed E-state index contributed by atoms with van der Waals surface area (Å²) in [6, 6.07) is 13.0. The molecule has 0 saturated carbocycles. The molecule has 2 aromatic carbocycles. The Hall–Kier alpha value is -2.03. The third-order valence-corrected chi connectivity index (χ3v) is 5.51. The highest BCUT2D eigenvalue weighted by Crippen LogP contribution is 2.24. The summed E-state index contributed by atoms with van der Waals surface area (Å²) in [5, 5.41) is 2.39. The fraction of sp³-hybridized carbons (Fsp3) is 0.560.